The Bertz CT molecular complexity index is 315. The van der Waals surface area contributed by atoms with Gasteiger partial charge in [-0.1, -0.05) is 32.1 Å². The van der Waals surface area contributed by atoms with Crippen molar-refractivity contribution in [2.24, 2.45) is 11.7 Å². The van der Waals surface area contributed by atoms with Gasteiger partial charge in [-0.3, -0.25) is 0 Å². The molecule has 16 heavy (non-hydrogen) atoms. The quantitative estimate of drug-likeness (QED) is 0.874. The van der Waals surface area contributed by atoms with Crippen LogP contribution in [0.25, 0.3) is 0 Å². The van der Waals surface area contributed by atoms with Crippen LogP contribution >= 0.6 is 11.3 Å². The van der Waals surface area contributed by atoms with Crippen molar-refractivity contribution in [1.82, 2.24) is 4.98 Å². The van der Waals surface area contributed by atoms with Gasteiger partial charge in [-0.15, -0.1) is 11.3 Å². The largest absolute Gasteiger partial charge is 0.327 e. The summed E-state index contributed by atoms with van der Waals surface area (Å²) in [5.41, 5.74) is 7.40. The second kappa shape index (κ2) is 5.78. The minimum Gasteiger partial charge on any atom is -0.327 e. The zero-order chi connectivity index (χ0) is 11.4. The molecule has 0 bridgehead atoms. The zero-order valence-electron chi connectivity index (χ0n) is 10.1. The fourth-order valence-electron chi connectivity index (χ4n) is 2.70. The summed E-state index contributed by atoms with van der Waals surface area (Å²) in [4.78, 5) is 4.48. The van der Waals surface area contributed by atoms with Gasteiger partial charge in [-0.2, -0.15) is 0 Å². The van der Waals surface area contributed by atoms with Gasteiger partial charge in [0.05, 0.1) is 10.7 Å². The van der Waals surface area contributed by atoms with E-state index in [1.165, 1.54) is 44.2 Å². The minimum atomic E-state index is 0.310. The molecule has 0 spiro atoms. The summed E-state index contributed by atoms with van der Waals surface area (Å²) in [5.74, 6) is 0.878. The van der Waals surface area contributed by atoms with Crippen molar-refractivity contribution in [3.05, 3.63) is 16.1 Å². The summed E-state index contributed by atoms with van der Waals surface area (Å²) >= 11 is 1.73. The maximum absolute atomic E-state index is 6.21. The molecule has 0 aliphatic heterocycles. The van der Waals surface area contributed by atoms with E-state index in [1.54, 1.807) is 11.3 Å². The number of hydrogen-bond donors (Lipinski definition) is 1. The monoisotopic (exact) mass is 238 g/mol. The molecule has 1 heterocycles. The van der Waals surface area contributed by atoms with Crippen molar-refractivity contribution in [1.29, 1.82) is 0 Å². The highest BCUT2D eigenvalue weighted by Crippen LogP contribution is 2.27. The van der Waals surface area contributed by atoms with Crippen LogP contribution in [-0.4, -0.2) is 11.0 Å². The van der Waals surface area contributed by atoms with Crippen LogP contribution in [0.2, 0.25) is 0 Å². The van der Waals surface area contributed by atoms with Crippen LogP contribution in [0, 0.1) is 12.8 Å². The fraction of sp³-hybridized carbons (Fsp3) is 0.769. The van der Waals surface area contributed by atoms with E-state index in [2.05, 4.69) is 17.3 Å². The van der Waals surface area contributed by atoms with Crippen molar-refractivity contribution < 1.29 is 0 Å². The molecule has 1 unspecified atom stereocenters. The third-order valence-corrected chi connectivity index (χ3v) is 4.32. The Labute approximate surface area is 102 Å². The molecule has 1 atom stereocenters. The molecular weight excluding hydrogens is 216 g/mol. The second-order valence-corrected chi connectivity index (χ2v) is 6.12. The first-order valence-electron chi connectivity index (χ1n) is 6.40. The summed E-state index contributed by atoms with van der Waals surface area (Å²) in [6.45, 7) is 2.06. The van der Waals surface area contributed by atoms with Crippen molar-refractivity contribution >= 4 is 11.3 Å². The van der Waals surface area contributed by atoms with E-state index in [0.29, 0.717) is 6.04 Å². The highest BCUT2D eigenvalue weighted by Gasteiger charge is 2.17. The molecular formula is C13H22N2S. The Morgan fingerprint density at radius 2 is 2.19 bits per heavy atom. The lowest BCUT2D eigenvalue weighted by atomic mass is 9.84. The van der Waals surface area contributed by atoms with Gasteiger partial charge >= 0.3 is 0 Å². The van der Waals surface area contributed by atoms with Crippen LogP contribution in [0.5, 0.6) is 0 Å². The Kier molecular flexibility index (Phi) is 4.36. The zero-order valence-corrected chi connectivity index (χ0v) is 10.9. The molecule has 1 saturated carbocycles. The van der Waals surface area contributed by atoms with Crippen molar-refractivity contribution in [2.75, 3.05) is 0 Å². The first-order chi connectivity index (χ1) is 7.74. The van der Waals surface area contributed by atoms with Gasteiger partial charge in [0, 0.05) is 17.8 Å². The molecule has 2 nitrogen and oxygen atoms in total. The second-order valence-electron chi connectivity index (χ2n) is 5.06. The first kappa shape index (κ1) is 12.1. The normalized spacial score (nSPS) is 19.9. The molecule has 0 amide bonds. The molecule has 2 rings (SSSR count). The van der Waals surface area contributed by atoms with Crippen molar-refractivity contribution in [3.8, 4) is 0 Å². The summed E-state index contributed by atoms with van der Waals surface area (Å²) in [6.07, 6.45) is 9.18. The number of nitrogens with two attached hydrogens (primary N) is 1. The molecule has 0 radical (unpaired) electrons. The summed E-state index contributed by atoms with van der Waals surface area (Å²) in [5, 5.41) is 3.30. The topological polar surface area (TPSA) is 38.9 Å². The molecule has 0 saturated heterocycles. The number of aryl methyl sites for hydroxylation is 1. The summed E-state index contributed by atoms with van der Waals surface area (Å²) in [7, 11) is 0. The molecule has 90 valence electrons. The number of rotatable bonds is 4. The molecule has 2 N–H and O–H groups in total. The third kappa shape index (κ3) is 3.56. The van der Waals surface area contributed by atoms with Crippen molar-refractivity contribution in [2.45, 2.75) is 57.9 Å². The van der Waals surface area contributed by atoms with Crippen LogP contribution in [0.4, 0.5) is 0 Å². The molecule has 1 aromatic heterocycles. The van der Waals surface area contributed by atoms with Crippen molar-refractivity contribution in [3.63, 3.8) is 0 Å². The van der Waals surface area contributed by atoms with Gasteiger partial charge in [0.1, 0.15) is 0 Å². The number of aromatic nitrogens is 1. The van der Waals surface area contributed by atoms with E-state index in [1.807, 2.05) is 0 Å². The number of thiazole rings is 1. The van der Waals surface area contributed by atoms with Gasteiger partial charge in [-0.25, -0.2) is 4.98 Å². The molecule has 1 fully saturated rings. The Morgan fingerprint density at radius 1 is 1.44 bits per heavy atom. The lowest BCUT2D eigenvalue weighted by Crippen LogP contribution is -2.27. The van der Waals surface area contributed by atoms with Crippen LogP contribution in [0.15, 0.2) is 5.38 Å². The lowest BCUT2D eigenvalue weighted by Gasteiger charge is -2.24. The SMILES string of the molecule is Cc1nc(CC(N)CC2CCCCC2)cs1. The molecule has 1 aromatic rings. The minimum absolute atomic E-state index is 0.310. The van der Waals surface area contributed by atoms with E-state index in [4.69, 9.17) is 5.73 Å². The van der Waals surface area contributed by atoms with Gasteiger partial charge in [0.15, 0.2) is 0 Å². The summed E-state index contributed by atoms with van der Waals surface area (Å²) in [6, 6.07) is 0.310. The molecule has 0 aromatic carbocycles. The Balaban J connectivity index is 1.77. The predicted molar refractivity (Wildman–Crippen MR) is 69.7 cm³/mol. The predicted octanol–water partition coefficient (Wildman–Crippen LogP) is 3.29. The molecule has 1 aliphatic rings. The van der Waals surface area contributed by atoms with Crippen LogP contribution < -0.4 is 5.73 Å². The maximum Gasteiger partial charge on any atom is 0.0897 e. The van der Waals surface area contributed by atoms with Gasteiger partial charge in [-0.05, 0) is 19.3 Å². The van der Waals surface area contributed by atoms with E-state index in [-0.39, 0.29) is 0 Å². The van der Waals surface area contributed by atoms with E-state index in [9.17, 15) is 0 Å². The molecule has 1 aliphatic carbocycles. The van der Waals surface area contributed by atoms with E-state index in [0.717, 1.165) is 17.3 Å². The average molecular weight is 238 g/mol. The standard InChI is InChI=1S/C13H22N2S/c1-10-15-13(9-16-10)8-12(14)7-11-5-3-2-4-6-11/h9,11-12H,2-8,14H2,1H3. The van der Waals surface area contributed by atoms with E-state index < -0.39 is 0 Å². The smallest absolute Gasteiger partial charge is 0.0897 e. The van der Waals surface area contributed by atoms with Gasteiger partial charge in [0.2, 0.25) is 0 Å². The average Bonchev–Trinajstić information content (AvgIpc) is 2.65. The highest BCUT2D eigenvalue weighted by atomic mass is 32.1. The fourth-order valence-corrected chi connectivity index (χ4v) is 3.33. The van der Waals surface area contributed by atoms with Crippen LogP contribution in [0.3, 0.4) is 0 Å². The highest BCUT2D eigenvalue weighted by molar-refractivity contribution is 7.09. The van der Waals surface area contributed by atoms with Gasteiger partial charge in [0.25, 0.3) is 0 Å². The number of nitrogens with zero attached hydrogens (tertiary/aromatic N) is 1. The maximum atomic E-state index is 6.21. The van der Waals surface area contributed by atoms with Crippen LogP contribution in [0.1, 0.15) is 49.2 Å². The lowest BCUT2D eigenvalue weighted by molar-refractivity contribution is 0.316. The third-order valence-electron chi connectivity index (χ3n) is 3.50. The van der Waals surface area contributed by atoms with Crippen LogP contribution in [-0.2, 0) is 6.42 Å². The van der Waals surface area contributed by atoms with Gasteiger partial charge < -0.3 is 5.73 Å². The van der Waals surface area contributed by atoms with E-state index >= 15 is 0 Å². The first-order valence-corrected chi connectivity index (χ1v) is 7.28. The summed E-state index contributed by atoms with van der Waals surface area (Å²) < 4.78 is 0. The Morgan fingerprint density at radius 3 is 2.81 bits per heavy atom. The number of hydrogen-bond acceptors (Lipinski definition) is 3. The Hall–Kier alpha value is -0.410. The molecule has 3 heteroatoms.